The molecule has 2 aromatic rings. The zero-order chi connectivity index (χ0) is 20.3. The Morgan fingerprint density at radius 3 is 2.57 bits per heavy atom. The summed E-state index contributed by atoms with van der Waals surface area (Å²) in [5.41, 5.74) is 1.43. The molecule has 1 heterocycles. The van der Waals surface area contributed by atoms with Gasteiger partial charge in [0.25, 0.3) is 5.91 Å². The minimum absolute atomic E-state index is 0.223. The van der Waals surface area contributed by atoms with Crippen molar-refractivity contribution in [2.24, 2.45) is 4.99 Å². The molecule has 3 rings (SSSR count). The fourth-order valence-electron chi connectivity index (χ4n) is 2.33. The quantitative estimate of drug-likeness (QED) is 0.633. The topological polar surface area (TPSA) is 67.8 Å². The predicted octanol–water partition coefficient (Wildman–Crippen LogP) is 5.33. The fraction of sp³-hybridized carbons (Fsp3) is 0.105. The van der Waals surface area contributed by atoms with Crippen molar-refractivity contribution >= 4 is 69.6 Å². The molecule has 2 amide bonds. The number of nitrogens with zero attached hydrogens (tertiary/aromatic N) is 1. The number of ether oxygens (including phenoxy) is 1. The van der Waals surface area contributed by atoms with Crippen molar-refractivity contribution < 1.29 is 14.3 Å². The van der Waals surface area contributed by atoms with Gasteiger partial charge in [-0.05, 0) is 47.7 Å². The minimum Gasteiger partial charge on any atom is -0.487 e. The molecule has 0 spiro atoms. The summed E-state index contributed by atoms with van der Waals surface area (Å²) in [5, 5.41) is 4.06. The van der Waals surface area contributed by atoms with Gasteiger partial charge in [0.15, 0.2) is 5.17 Å². The first-order valence-corrected chi connectivity index (χ1v) is 9.93. The molecule has 0 aromatic heterocycles. The Morgan fingerprint density at radius 1 is 1.18 bits per heavy atom. The molecule has 0 saturated carbocycles. The Balaban J connectivity index is 1.86. The van der Waals surface area contributed by atoms with E-state index in [0.717, 1.165) is 17.3 Å². The van der Waals surface area contributed by atoms with Crippen LogP contribution in [-0.4, -0.2) is 17.0 Å². The van der Waals surface area contributed by atoms with E-state index in [1.807, 2.05) is 12.1 Å². The summed E-state index contributed by atoms with van der Waals surface area (Å²) in [6, 6.07) is 10.4. The van der Waals surface area contributed by atoms with Crippen molar-refractivity contribution in [2.45, 2.75) is 13.5 Å². The Hall–Kier alpha value is -1.99. The number of amides is 2. The lowest BCUT2D eigenvalue weighted by atomic mass is 10.1. The second kappa shape index (κ2) is 9.01. The van der Waals surface area contributed by atoms with E-state index in [1.165, 1.54) is 6.92 Å². The number of carbonyl (C=O) groups is 2. The minimum atomic E-state index is -0.464. The third-order valence-corrected chi connectivity index (χ3v) is 5.17. The highest BCUT2D eigenvalue weighted by Crippen LogP contribution is 2.37. The van der Waals surface area contributed by atoms with Crippen LogP contribution in [0.5, 0.6) is 5.75 Å². The van der Waals surface area contributed by atoms with Crippen molar-refractivity contribution in [2.75, 3.05) is 0 Å². The van der Waals surface area contributed by atoms with Gasteiger partial charge in [0, 0.05) is 22.5 Å². The van der Waals surface area contributed by atoms with Gasteiger partial charge in [-0.1, -0.05) is 46.9 Å². The molecule has 5 nitrogen and oxygen atoms in total. The average molecular weight is 456 g/mol. The van der Waals surface area contributed by atoms with E-state index >= 15 is 0 Å². The first-order valence-electron chi connectivity index (χ1n) is 7.98. The van der Waals surface area contributed by atoms with Gasteiger partial charge in [-0.25, -0.2) is 0 Å². The maximum absolute atomic E-state index is 12.1. The number of hydrogen-bond acceptors (Lipinski definition) is 4. The summed E-state index contributed by atoms with van der Waals surface area (Å²) in [6.45, 7) is 1.60. The summed E-state index contributed by atoms with van der Waals surface area (Å²) >= 11 is 19.4. The fourth-order valence-corrected chi connectivity index (χ4v) is 3.87. The van der Waals surface area contributed by atoms with Crippen molar-refractivity contribution in [1.29, 1.82) is 0 Å². The predicted molar refractivity (Wildman–Crippen MR) is 114 cm³/mol. The molecule has 0 aliphatic carbocycles. The number of nitrogens with one attached hydrogen (secondary N) is 1. The largest absolute Gasteiger partial charge is 0.487 e. The summed E-state index contributed by atoms with van der Waals surface area (Å²) in [7, 11) is 0. The Labute approximate surface area is 180 Å². The Morgan fingerprint density at radius 2 is 1.89 bits per heavy atom. The van der Waals surface area contributed by atoms with Gasteiger partial charge in [0.2, 0.25) is 5.91 Å². The highest BCUT2D eigenvalue weighted by molar-refractivity contribution is 8.18. The molecule has 0 saturated heterocycles. The molecule has 1 aliphatic heterocycles. The molecule has 0 atom stereocenters. The lowest BCUT2D eigenvalue weighted by Gasteiger charge is -2.12. The van der Waals surface area contributed by atoms with Crippen molar-refractivity contribution in [3.63, 3.8) is 0 Å². The number of thioether (sulfide) groups is 1. The van der Waals surface area contributed by atoms with Crippen molar-refractivity contribution in [3.8, 4) is 5.75 Å². The molecule has 0 radical (unpaired) electrons. The van der Waals surface area contributed by atoms with E-state index in [4.69, 9.17) is 39.5 Å². The van der Waals surface area contributed by atoms with E-state index in [-0.39, 0.29) is 17.7 Å². The third-order valence-electron chi connectivity index (χ3n) is 3.52. The number of carbonyl (C=O) groups excluding carboxylic acids is 2. The third kappa shape index (κ3) is 5.29. The van der Waals surface area contributed by atoms with E-state index < -0.39 is 5.91 Å². The normalized spacial score (nSPS) is 14.9. The second-order valence-corrected chi connectivity index (χ2v) is 8.05. The molecular weight excluding hydrogens is 443 g/mol. The van der Waals surface area contributed by atoms with Gasteiger partial charge in [-0.3, -0.25) is 9.59 Å². The number of aliphatic imine (C=N–C) groups is 1. The van der Waals surface area contributed by atoms with E-state index in [9.17, 15) is 9.59 Å². The molecular formula is C19H13Cl3N2O3S. The first kappa shape index (κ1) is 20.7. The molecule has 1 N–H and O–H groups in total. The summed E-state index contributed by atoms with van der Waals surface area (Å²) in [4.78, 5) is 27.4. The SMILES string of the molecule is CC(=O)NC1=NC(=O)/C(=C\c2cc(Cl)cc(Cl)c2OCc2ccc(Cl)cc2)S1. The van der Waals surface area contributed by atoms with Crippen LogP contribution in [0, 0.1) is 0 Å². The smallest absolute Gasteiger partial charge is 0.286 e. The van der Waals surface area contributed by atoms with E-state index in [2.05, 4.69) is 10.3 Å². The Kier molecular flexibility index (Phi) is 6.67. The van der Waals surface area contributed by atoms with Crippen LogP contribution >= 0.6 is 46.6 Å². The van der Waals surface area contributed by atoms with Gasteiger partial charge < -0.3 is 10.1 Å². The van der Waals surface area contributed by atoms with E-state index in [0.29, 0.717) is 31.3 Å². The molecule has 144 valence electrons. The average Bonchev–Trinajstić information content (AvgIpc) is 2.94. The number of amidine groups is 1. The maximum Gasteiger partial charge on any atom is 0.286 e. The van der Waals surface area contributed by atoms with Crippen molar-refractivity contribution in [1.82, 2.24) is 5.32 Å². The lowest BCUT2D eigenvalue weighted by molar-refractivity contribution is -0.117. The molecule has 9 heteroatoms. The summed E-state index contributed by atoms with van der Waals surface area (Å²) < 4.78 is 5.88. The maximum atomic E-state index is 12.1. The van der Waals surface area contributed by atoms with Crippen LogP contribution in [0.1, 0.15) is 18.1 Å². The molecule has 2 aromatic carbocycles. The number of halogens is 3. The molecule has 0 bridgehead atoms. The van der Waals surface area contributed by atoms with E-state index in [1.54, 1.807) is 30.3 Å². The van der Waals surface area contributed by atoms with Gasteiger partial charge >= 0.3 is 0 Å². The monoisotopic (exact) mass is 454 g/mol. The van der Waals surface area contributed by atoms with Crippen LogP contribution in [0.25, 0.3) is 6.08 Å². The van der Waals surface area contributed by atoms with Crippen molar-refractivity contribution in [3.05, 3.63) is 67.5 Å². The van der Waals surface area contributed by atoms with Gasteiger partial charge in [0.1, 0.15) is 12.4 Å². The van der Waals surface area contributed by atoms with Crippen LogP contribution in [-0.2, 0) is 16.2 Å². The number of rotatable bonds is 4. The van der Waals surface area contributed by atoms with Gasteiger partial charge in [-0.15, -0.1) is 0 Å². The van der Waals surface area contributed by atoms with Crippen LogP contribution in [0.4, 0.5) is 0 Å². The standard InChI is InChI=1S/C19H13Cl3N2O3S/c1-10(25)23-19-24-18(26)16(28-19)7-12-6-14(21)8-15(22)17(12)27-9-11-2-4-13(20)5-3-11/h2-8H,9H2,1H3,(H,23,24,25,26)/b16-7+. The molecule has 1 aliphatic rings. The highest BCUT2D eigenvalue weighted by atomic mass is 35.5. The lowest BCUT2D eigenvalue weighted by Crippen LogP contribution is -2.23. The molecule has 0 fully saturated rings. The summed E-state index contributed by atoms with van der Waals surface area (Å²) in [6.07, 6.45) is 1.58. The zero-order valence-corrected chi connectivity index (χ0v) is 17.5. The number of hydrogen-bond donors (Lipinski definition) is 1. The van der Waals surface area contributed by atoms with Gasteiger partial charge in [-0.2, -0.15) is 4.99 Å². The van der Waals surface area contributed by atoms with Crippen LogP contribution in [0.2, 0.25) is 15.1 Å². The van der Waals surface area contributed by atoms with Crippen LogP contribution in [0.15, 0.2) is 46.3 Å². The van der Waals surface area contributed by atoms with Crippen LogP contribution < -0.4 is 10.1 Å². The second-order valence-electron chi connectivity index (χ2n) is 5.74. The van der Waals surface area contributed by atoms with Crippen LogP contribution in [0.3, 0.4) is 0 Å². The van der Waals surface area contributed by atoms with Gasteiger partial charge in [0.05, 0.1) is 9.93 Å². The Bertz CT molecular complexity index is 1000. The molecule has 28 heavy (non-hydrogen) atoms. The highest BCUT2D eigenvalue weighted by Gasteiger charge is 2.23. The first-order chi connectivity index (χ1) is 13.3. The molecule has 0 unspecified atom stereocenters. The summed E-state index contributed by atoms with van der Waals surface area (Å²) in [5.74, 6) is -0.388. The number of benzene rings is 2. The zero-order valence-electron chi connectivity index (χ0n) is 14.5.